The minimum atomic E-state index is -4.11. The average molecular weight is 470 g/mol. The SMILES string of the molecule is C[C@]1(COC(=O)NCC(=O)CCc2ccc(O)c(O)c2)[C@H](C(=O)O)N2C(=O)C[C@H]2S1(=O)=O. The minimum absolute atomic E-state index is 0.0103. The third kappa shape index (κ3) is 3.95. The summed E-state index contributed by atoms with van der Waals surface area (Å²) in [7, 11) is -4.11. The Morgan fingerprint density at radius 1 is 1.25 bits per heavy atom. The van der Waals surface area contributed by atoms with Gasteiger partial charge in [-0.1, -0.05) is 6.07 Å². The fourth-order valence-electron chi connectivity index (χ4n) is 3.80. The lowest BCUT2D eigenvalue weighted by atomic mass is 9.97. The Labute approximate surface area is 182 Å². The summed E-state index contributed by atoms with van der Waals surface area (Å²) in [5.41, 5.74) is 0.592. The van der Waals surface area contributed by atoms with Crippen molar-refractivity contribution >= 4 is 33.6 Å². The number of alkyl carbamates (subject to hydrolysis) is 1. The monoisotopic (exact) mass is 470 g/mol. The Kier molecular flexibility index (Phi) is 6.05. The highest BCUT2D eigenvalue weighted by Crippen LogP contribution is 2.46. The number of ether oxygens (including phenoxy) is 1. The zero-order valence-corrected chi connectivity index (χ0v) is 17.8. The Morgan fingerprint density at radius 3 is 2.53 bits per heavy atom. The lowest BCUT2D eigenvalue weighted by molar-refractivity contribution is -0.158. The van der Waals surface area contributed by atoms with Crippen molar-refractivity contribution in [2.45, 2.75) is 42.3 Å². The standard InChI is InChI=1S/C19H22N2O10S/c1-19(16(17(26)27)21-14(25)7-15(21)32(19,29)30)9-31-18(28)20-8-11(22)4-2-10-3-5-12(23)13(24)6-10/h3,5-6,15-16,23-24H,2,4,7-9H2,1H3,(H,20,28)(H,26,27)/t15-,16+,19+/m1/s1. The number of carboxylic acid groups (broad SMARTS) is 1. The molecule has 4 N–H and O–H groups in total. The van der Waals surface area contributed by atoms with E-state index in [1.807, 2.05) is 0 Å². The number of benzene rings is 1. The number of aliphatic carboxylic acids is 1. The number of ketones is 1. The van der Waals surface area contributed by atoms with E-state index in [1.165, 1.54) is 18.2 Å². The molecule has 2 amide bonds. The third-order valence-corrected chi connectivity index (χ3v) is 8.45. The zero-order chi connectivity index (χ0) is 23.8. The van der Waals surface area contributed by atoms with Crippen LogP contribution in [-0.4, -0.2) is 81.7 Å². The maximum absolute atomic E-state index is 12.7. The van der Waals surface area contributed by atoms with Gasteiger partial charge in [0.1, 0.15) is 16.7 Å². The van der Waals surface area contributed by atoms with Crippen molar-refractivity contribution in [2.75, 3.05) is 13.2 Å². The number of phenolic OH excluding ortho intramolecular Hbond substituents is 2. The number of rotatable bonds is 8. The van der Waals surface area contributed by atoms with Gasteiger partial charge in [0, 0.05) is 6.42 Å². The van der Waals surface area contributed by atoms with Gasteiger partial charge >= 0.3 is 12.1 Å². The first-order valence-corrected chi connectivity index (χ1v) is 11.1. The van der Waals surface area contributed by atoms with Crippen LogP contribution in [0.2, 0.25) is 0 Å². The molecule has 1 aromatic carbocycles. The number of sulfone groups is 1. The van der Waals surface area contributed by atoms with Crippen molar-refractivity contribution in [1.29, 1.82) is 0 Å². The molecular weight excluding hydrogens is 448 g/mol. The van der Waals surface area contributed by atoms with Gasteiger partial charge in [-0.25, -0.2) is 18.0 Å². The Morgan fingerprint density at radius 2 is 1.94 bits per heavy atom. The smallest absolute Gasteiger partial charge is 0.407 e. The topological polar surface area (TPSA) is 188 Å². The fourth-order valence-corrected chi connectivity index (χ4v) is 6.07. The number of fused-ring (bicyclic) bond motifs is 1. The summed E-state index contributed by atoms with van der Waals surface area (Å²) >= 11 is 0. The predicted molar refractivity (Wildman–Crippen MR) is 106 cm³/mol. The molecule has 2 aliphatic heterocycles. The average Bonchev–Trinajstić information content (AvgIpc) is 2.86. The summed E-state index contributed by atoms with van der Waals surface area (Å²) in [5.74, 6) is -3.12. The second-order valence-corrected chi connectivity index (χ2v) is 10.4. The number of hydrogen-bond donors (Lipinski definition) is 4. The zero-order valence-electron chi connectivity index (χ0n) is 17.0. The molecule has 2 heterocycles. The second-order valence-electron chi connectivity index (χ2n) is 7.85. The molecule has 2 saturated heterocycles. The molecular formula is C19H22N2O10S. The molecule has 0 saturated carbocycles. The quantitative estimate of drug-likeness (QED) is 0.285. The molecule has 0 unspecified atom stereocenters. The number of nitrogens with one attached hydrogen (secondary N) is 1. The van der Waals surface area contributed by atoms with Crippen LogP contribution in [0.1, 0.15) is 25.3 Å². The van der Waals surface area contributed by atoms with Crippen molar-refractivity contribution in [3.8, 4) is 11.5 Å². The Balaban J connectivity index is 1.52. The predicted octanol–water partition coefficient (Wildman–Crippen LogP) is -0.476. The second kappa shape index (κ2) is 8.30. The molecule has 0 bridgehead atoms. The van der Waals surface area contributed by atoms with Crippen LogP contribution in [0.15, 0.2) is 18.2 Å². The van der Waals surface area contributed by atoms with Crippen LogP contribution in [0.5, 0.6) is 11.5 Å². The van der Waals surface area contributed by atoms with Crippen molar-refractivity contribution in [3.05, 3.63) is 23.8 Å². The lowest BCUT2D eigenvalue weighted by Crippen LogP contribution is -2.58. The molecule has 0 spiro atoms. The molecule has 2 fully saturated rings. The molecule has 3 rings (SSSR count). The summed E-state index contributed by atoms with van der Waals surface area (Å²) < 4.78 is 28.3. The summed E-state index contributed by atoms with van der Waals surface area (Å²) in [4.78, 5) is 48.1. The molecule has 0 aromatic heterocycles. The van der Waals surface area contributed by atoms with E-state index in [2.05, 4.69) is 5.32 Å². The number of amides is 2. The van der Waals surface area contributed by atoms with Crippen LogP contribution >= 0.6 is 0 Å². The highest BCUT2D eigenvalue weighted by atomic mass is 32.2. The molecule has 3 atom stereocenters. The number of aromatic hydroxyl groups is 2. The number of hydrogen-bond acceptors (Lipinski definition) is 9. The van der Waals surface area contributed by atoms with Crippen molar-refractivity contribution in [1.82, 2.24) is 10.2 Å². The molecule has 12 nitrogen and oxygen atoms in total. The van der Waals surface area contributed by atoms with E-state index in [4.69, 9.17) is 4.74 Å². The van der Waals surface area contributed by atoms with Crippen LogP contribution < -0.4 is 5.32 Å². The van der Waals surface area contributed by atoms with E-state index in [1.54, 1.807) is 0 Å². The van der Waals surface area contributed by atoms with E-state index in [-0.39, 0.29) is 36.5 Å². The number of nitrogens with zero attached hydrogens (tertiary/aromatic N) is 1. The Hall–Kier alpha value is -3.35. The van der Waals surface area contributed by atoms with Gasteiger partial charge < -0.3 is 30.3 Å². The molecule has 0 aliphatic carbocycles. The first-order chi connectivity index (χ1) is 14.9. The molecule has 1 aromatic rings. The molecule has 0 radical (unpaired) electrons. The molecule has 32 heavy (non-hydrogen) atoms. The van der Waals surface area contributed by atoms with Crippen LogP contribution in [-0.2, 0) is 35.4 Å². The number of aryl methyl sites for hydroxylation is 1. The first kappa shape index (κ1) is 23.3. The summed E-state index contributed by atoms with van der Waals surface area (Å²) in [6.45, 7) is -0.112. The normalized spacial score (nSPS) is 25.5. The summed E-state index contributed by atoms with van der Waals surface area (Å²) in [6.07, 6.45) is -1.18. The van der Waals surface area contributed by atoms with Gasteiger partial charge in [0.25, 0.3) is 0 Å². The van der Waals surface area contributed by atoms with E-state index < -0.39 is 57.1 Å². The highest BCUT2D eigenvalue weighted by molar-refractivity contribution is 7.94. The number of carbonyl (C=O) groups excluding carboxylic acids is 3. The van der Waals surface area contributed by atoms with Gasteiger partial charge in [0.2, 0.25) is 5.91 Å². The maximum Gasteiger partial charge on any atom is 0.407 e. The summed E-state index contributed by atoms with van der Waals surface area (Å²) in [5, 5.41) is 29.1. The van der Waals surface area contributed by atoms with Gasteiger partial charge in [0.05, 0.1) is 13.0 Å². The number of phenols is 2. The van der Waals surface area contributed by atoms with Crippen LogP contribution in [0, 0.1) is 0 Å². The lowest BCUT2D eigenvalue weighted by Gasteiger charge is -2.35. The van der Waals surface area contributed by atoms with Gasteiger partial charge in [-0.15, -0.1) is 0 Å². The number of carbonyl (C=O) groups is 4. The molecule has 2 aliphatic rings. The minimum Gasteiger partial charge on any atom is -0.504 e. The van der Waals surface area contributed by atoms with E-state index in [0.717, 1.165) is 11.8 Å². The van der Waals surface area contributed by atoms with Crippen molar-refractivity contribution in [2.24, 2.45) is 0 Å². The van der Waals surface area contributed by atoms with Crippen molar-refractivity contribution in [3.63, 3.8) is 0 Å². The number of Topliss-reactive ketones (excluding diaryl/α,β-unsaturated/α-hetero) is 1. The number of β-lactam (4-membered cyclic amide) rings is 1. The van der Waals surface area contributed by atoms with Gasteiger partial charge in [-0.05, 0) is 31.0 Å². The van der Waals surface area contributed by atoms with E-state index >= 15 is 0 Å². The fraction of sp³-hybridized carbons (Fsp3) is 0.474. The van der Waals surface area contributed by atoms with Crippen LogP contribution in [0.25, 0.3) is 0 Å². The van der Waals surface area contributed by atoms with Crippen molar-refractivity contribution < 1.29 is 47.7 Å². The van der Waals surface area contributed by atoms with Gasteiger partial charge in [0.15, 0.2) is 33.2 Å². The Bertz CT molecular complexity index is 1090. The molecule has 174 valence electrons. The summed E-state index contributed by atoms with van der Waals surface area (Å²) in [6, 6.07) is 2.43. The van der Waals surface area contributed by atoms with E-state index in [0.29, 0.717) is 5.56 Å². The number of carboxylic acids is 1. The first-order valence-electron chi connectivity index (χ1n) is 9.59. The van der Waals surface area contributed by atoms with Gasteiger partial charge in [-0.3, -0.25) is 9.59 Å². The third-order valence-electron chi connectivity index (χ3n) is 5.70. The van der Waals surface area contributed by atoms with Gasteiger partial charge in [-0.2, -0.15) is 0 Å². The van der Waals surface area contributed by atoms with E-state index in [9.17, 15) is 42.9 Å². The van der Waals surface area contributed by atoms with Crippen LogP contribution in [0.4, 0.5) is 4.79 Å². The highest BCUT2D eigenvalue weighted by Gasteiger charge is 2.70. The van der Waals surface area contributed by atoms with Crippen LogP contribution in [0.3, 0.4) is 0 Å². The maximum atomic E-state index is 12.7. The largest absolute Gasteiger partial charge is 0.504 e. The molecule has 13 heteroatoms.